The molecule has 0 aliphatic rings. The molecule has 0 aromatic heterocycles. The van der Waals surface area contributed by atoms with Crippen LogP contribution < -0.4 is 16.8 Å². The van der Waals surface area contributed by atoms with Gasteiger partial charge in [-0.2, -0.15) is 9.90 Å². The summed E-state index contributed by atoms with van der Waals surface area (Å²) >= 11 is 0. The second-order valence-corrected chi connectivity index (χ2v) is 0.952. The third kappa shape index (κ3) is 8.95. The van der Waals surface area contributed by atoms with Gasteiger partial charge in [0.05, 0.1) is 0 Å². The highest BCUT2D eigenvalue weighted by atomic mass is 31.0. The molecule has 0 aromatic rings. The van der Waals surface area contributed by atoms with Gasteiger partial charge in [0.25, 0.3) is 0 Å². The lowest BCUT2D eigenvalue weighted by Crippen LogP contribution is -2.39. The smallest absolute Gasteiger partial charge is 0.192 e. The van der Waals surface area contributed by atoms with Crippen molar-refractivity contribution in [2.45, 2.75) is 0 Å². The first kappa shape index (κ1) is 10.2. The summed E-state index contributed by atoms with van der Waals surface area (Å²) in [7, 11) is 0. The number of hydrogen-bond acceptors (Lipinski definition) is 2. The summed E-state index contributed by atoms with van der Waals surface area (Å²) in [6.45, 7) is 0. The molecule has 0 aromatic carbocycles. The fourth-order valence-electron chi connectivity index (χ4n) is 0.145. The van der Waals surface area contributed by atoms with Crippen LogP contribution in [0.5, 0.6) is 0 Å². The van der Waals surface area contributed by atoms with E-state index in [1.807, 2.05) is 5.32 Å². The summed E-state index contributed by atoms with van der Waals surface area (Å²) in [5.74, 6) is -0.625. The molecule has 0 amide bonds. The van der Waals surface area contributed by atoms with Crippen LogP contribution in [-0.2, 0) is 0 Å². The molecule has 0 fully saturated rings. The van der Waals surface area contributed by atoms with Gasteiger partial charge in [0.2, 0.25) is 0 Å². The number of rotatable bonds is 0. The molecule has 0 aliphatic heterocycles. The highest BCUT2D eigenvalue weighted by Crippen LogP contribution is 1.44. The molecule has 48 valence electrons. The third-order valence-corrected chi connectivity index (χ3v) is 0.269. The maximum atomic E-state index is 6.47. The van der Waals surface area contributed by atoms with Gasteiger partial charge in [-0.3, -0.25) is 16.1 Å². The molecule has 1 unspecified atom stereocenters. The van der Waals surface area contributed by atoms with Crippen molar-refractivity contribution in [1.29, 1.82) is 10.8 Å². The molecule has 0 saturated carbocycles. The van der Waals surface area contributed by atoms with Crippen LogP contribution in [0.25, 0.3) is 0 Å². The Morgan fingerprint density at radius 2 is 1.38 bits per heavy atom. The van der Waals surface area contributed by atoms with Gasteiger partial charge in [-0.05, 0) is 0 Å². The zero-order valence-corrected chi connectivity index (χ0v) is 5.78. The van der Waals surface area contributed by atoms with E-state index in [1.54, 1.807) is 0 Å². The molecule has 0 spiro atoms. The van der Waals surface area contributed by atoms with Crippen molar-refractivity contribution in [2.75, 3.05) is 0 Å². The zero-order chi connectivity index (χ0) is 5.86. The molecule has 0 radical (unpaired) electrons. The second kappa shape index (κ2) is 4.33. The van der Waals surface area contributed by atoms with Crippen molar-refractivity contribution in [3.63, 3.8) is 0 Å². The number of guanidine groups is 2. The highest BCUT2D eigenvalue weighted by molar-refractivity contribution is 6.92. The highest BCUT2D eigenvalue weighted by Gasteiger charge is 1.83. The molecule has 0 saturated heterocycles. The van der Waals surface area contributed by atoms with E-state index in [2.05, 4.69) is 0 Å². The van der Waals surface area contributed by atoms with Gasteiger partial charge in [-0.15, -0.1) is 0 Å². The van der Waals surface area contributed by atoms with Gasteiger partial charge >= 0.3 is 0 Å². The minimum Gasteiger partial charge on any atom is -0.370 e. The summed E-state index contributed by atoms with van der Waals surface area (Å²) in [6.07, 6.45) is 0. The van der Waals surface area contributed by atoms with Crippen LogP contribution >= 0.6 is 9.90 Å². The molecule has 1 atom stereocenters. The Morgan fingerprint density at radius 1 is 1.12 bits per heavy atom. The van der Waals surface area contributed by atoms with E-state index in [4.69, 9.17) is 22.3 Å². The van der Waals surface area contributed by atoms with Gasteiger partial charge in [0.15, 0.2) is 11.9 Å². The molecule has 8 heavy (non-hydrogen) atoms. The SMILES string of the molecule is N=C(N)NC(=N)N.P. The van der Waals surface area contributed by atoms with Crippen LogP contribution in [0.15, 0.2) is 0 Å². The molecule has 5 nitrogen and oxygen atoms in total. The molecule has 6 heteroatoms. The van der Waals surface area contributed by atoms with E-state index in [9.17, 15) is 0 Å². The van der Waals surface area contributed by atoms with Crippen LogP contribution in [0.3, 0.4) is 0 Å². The topological polar surface area (TPSA) is 112 Å². The van der Waals surface area contributed by atoms with Gasteiger partial charge in [0.1, 0.15) is 0 Å². The first-order valence-corrected chi connectivity index (χ1v) is 1.58. The Kier molecular flexibility index (Phi) is 5.53. The van der Waals surface area contributed by atoms with Gasteiger partial charge in [-0.1, -0.05) is 0 Å². The average molecular weight is 135 g/mol. The molecule has 0 heterocycles. The monoisotopic (exact) mass is 135 g/mol. The van der Waals surface area contributed by atoms with Gasteiger partial charge in [0, 0.05) is 0 Å². The largest absolute Gasteiger partial charge is 0.370 e. The normalized spacial score (nSPS) is 6.50. The molecule has 0 bridgehead atoms. The van der Waals surface area contributed by atoms with Crippen molar-refractivity contribution in [3.05, 3.63) is 0 Å². The van der Waals surface area contributed by atoms with Crippen molar-refractivity contribution >= 4 is 21.8 Å². The Labute approximate surface area is 50.5 Å². The van der Waals surface area contributed by atoms with E-state index >= 15 is 0 Å². The Bertz CT molecular complexity index is 86.6. The third-order valence-electron chi connectivity index (χ3n) is 0.269. The summed E-state index contributed by atoms with van der Waals surface area (Å²) in [4.78, 5) is 0. The second-order valence-electron chi connectivity index (χ2n) is 0.952. The average Bonchev–Trinajstić information content (AvgIpc) is 1.27. The molecule has 0 aliphatic carbocycles. The molecule has 7 N–H and O–H groups in total. The first-order chi connectivity index (χ1) is 3.13. The van der Waals surface area contributed by atoms with E-state index in [0.29, 0.717) is 0 Å². The van der Waals surface area contributed by atoms with E-state index in [0.717, 1.165) is 0 Å². The number of hydrogen-bond donors (Lipinski definition) is 5. The Hall–Kier alpha value is -0.830. The van der Waals surface area contributed by atoms with Crippen molar-refractivity contribution < 1.29 is 0 Å². The van der Waals surface area contributed by atoms with Crippen LogP contribution in [0.4, 0.5) is 0 Å². The summed E-state index contributed by atoms with van der Waals surface area (Å²) in [5, 5.41) is 15.0. The number of nitrogens with one attached hydrogen (secondary N) is 3. The summed E-state index contributed by atoms with van der Waals surface area (Å²) in [5.41, 5.74) is 9.49. The van der Waals surface area contributed by atoms with Crippen LogP contribution in [0, 0.1) is 10.8 Å². The minimum absolute atomic E-state index is 0. The van der Waals surface area contributed by atoms with E-state index in [-0.39, 0.29) is 21.8 Å². The van der Waals surface area contributed by atoms with Gasteiger partial charge in [-0.25, -0.2) is 0 Å². The maximum absolute atomic E-state index is 6.47. The van der Waals surface area contributed by atoms with Crippen LogP contribution in [0.2, 0.25) is 0 Å². The lowest BCUT2D eigenvalue weighted by atomic mass is 10.9. The minimum atomic E-state index is -0.312. The van der Waals surface area contributed by atoms with E-state index in [1.165, 1.54) is 0 Å². The predicted octanol–water partition coefficient (Wildman–Crippen LogP) is -1.58. The summed E-state index contributed by atoms with van der Waals surface area (Å²) < 4.78 is 0. The lowest BCUT2D eigenvalue weighted by Gasteiger charge is -1.95. The van der Waals surface area contributed by atoms with Crippen molar-refractivity contribution in [3.8, 4) is 0 Å². The van der Waals surface area contributed by atoms with Crippen LogP contribution in [-0.4, -0.2) is 11.9 Å². The Balaban J connectivity index is 0. The Morgan fingerprint density at radius 3 is 1.38 bits per heavy atom. The van der Waals surface area contributed by atoms with Crippen LogP contribution in [0.1, 0.15) is 0 Å². The molecule has 0 rings (SSSR count). The van der Waals surface area contributed by atoms with Crippen molar-refractivity contribution in [2.24, 2.45) is 11.5 Å². The quantitative estimate of drug-likeness (QED) is 0.157. The molecular weight excluding hydrogens is 125 g/mol. The van der Waals surface area contributed by atoms with Gasteiger partial charge < -0.3 is 11.5 Å². The summed E-state index contributed by atoms with van der Waals surface area (Å²) in [6, 6.07) is 0. The fraction of sp³-hybridized carbons (Fsp3) is 0. The van der Waals surface area contributed by atoms with Crippen molar-refractivity contribution in [1.82, 2.24) is 5.32 Å². The predicted molar refractivity (Wildman–Crippen MR) is 38.1 cm³/mol. The maximum Gasteiger partial charge on any atom is 0.192 e. The lowest BCUT2D eigenvalue weighted by molar-refractivity contribution is 1.19. The zero-order valence-electron chi connectivity index (χ0n) is 4.36. The molecular formula is C2H10N5P. The fourth-order valence-corrected chi connectivity index (χ4v) is 0.145. The standard InChI is InChI=1S/C2H7N5.H3P/c3-1(4)7-2(5)6;/h(H7,3,4,5,6,7);1H3. The number of nitrogens with two attached hydrogens (primary N) is 2. The first-order valence-electron chi connectivity index (χ1n) is 1.58. The van der Waals surface area contributed by atoms with E-state index < -0.39 is 0 Å².